The van der Waals surface area contributed by atoms with Crippen molar-refractivity contribution >= 4 is 6.09 Å². The van der Waals surface area contributed by atoms with Gasteiger partial charge >= 0.3 is 6.09 Å². The number of hydrogen-bond acceptors (Lipinski definition) is 5. The summed E-state index contributed by atoms with van der Waals surface area (Å²) in [7, 11) is 1.67. The summed E-state index contributed by atoms with van der Waals surface area (Å²) in [5.41, 5.74) is 0.970. The molecule has 27 heavy (non-hydrogen) atoms. The number of fused-ring (bicyclic) bond motifs is 1. The fraction of sp³-hybridized carbons (Fsp3) is 0.667. The molecule has 2 atom stereocenters. The molecule has 1 saturated heterocycles. The van der Waals surface area contributed by atoms with Gasteiger partial charge in [0.05, 0.1) is 13.7 Å². The molecule has 3 aliphatic rings. The predicted molar refractivity (Wildman–Crippen MR) is 102 cm³/mol. The third-order valence-corrected chi connectivity index (χ3v) is 5.99. The second-order valence-corrected chi connectivity index (χ2v) is 9.19. The Balaban J connectivity index is 1.36. The van der Waals surface area contributed by atoms with Crippen molar-refractivity contribution in [2.24, 2.45) is 5.41 Å². The molecule has 1 spiro atoms. The first-order chi connectivity index (χ1) is 12.8. The molecule has 1 amide bonds. The number of hydrogen-bond donors (Lipinski definition) is 0. The van der Waals surface area contributed by atoms with Crippen LogP contribution in [-0.2, 0) is 11.3 Å². The average molecular weight is 374 g/mol. The third-order valence-electron chi connectivity index (χ3n) is 5.99. The minimum absolute atomic E-state index is 0.181. The molecule has 2 unspecified atom stereocenters. The number of amides is 1. The van der Waals surface area contributed by atoms with Gasteiger partial charge in [0.1, 0.15) is 11.4 Å². The van der Waals surface area contributed by atoms with E-state index in [1.54, 1.807) is 7.11 Å². The van der Waals surface area contributed by atoms with Crippen LogP contribution in [0.25, 0.3) is 0 Å². The number of nitrogens with zero attached hydrogens (tertiary/aromatic N) is 2. The van der Waals surface area contributed by atoms with E-state index in [1.165, 1.54) is 5.56 Å². The maximum atomic E-state index is 12.4. The molecule has 2 heterocycles. The van der Waals surface area contributed by atoms with Crippen molar-refractivity contribution in [2.75, 3.05) is 20.2 Å². The van der Waals surface area contributed by atoms with Crippen molar-refractivity contribution in [1.82, 2.24) is 9.96 Å². The maximum absolute atomic E-state index is 12.4. The number of carbonyl (C=O) groups excluding carboxylic acids is 1. The molecule has 4 rings (SSSR count). The van der Waals surface area contributed by atoms with Gasteiger partial charge in [0.15, 0.2) is 5.75 Å². The average Bonchev–Trinajstić information content (AvgIpc) is 3.31. The van der Waals surface area contributed by atoms with Crippen LogP contribution in [0, 0.1) is 5.41 Å². The van der Waals surface area contributed by atoms with E-state index in [0.29, 0.717) is 6.04 Å². The van der Waals surface area contributed by atoms with E-state index in [4.69, 9.17) is 14.3 Å². The van der Waals surface area contributed by atoms with Crippen molar-refractivity contribution in [2.45, 2.75) is 64.6 Å². The summed E-state index contributed by atoms with van der Waals surface area (Å²) >= 11 is 0. The largest absolute Gasteiger partial charge is 0.497 e. The van der Waals surface area contributed by atoms with E-state index < -0.39 is 5.60 Å². The van der Waals surface area contributed by atoms with Gasteiger partial charge in [0.2, 0.25) is 0 Å². The Bertz CT molecular complexity index is 729. The molecule has 6 nitrogen and oxygen atoms in total. The lowest BCUT2D eigenvalue weighted by atomic mass is 9.85. The maximum Gasteiger partial charge on any atom is 0.410 e. The Morgan fingerprint density at radius 2 is 2.11 bits per heavy atom. The molecule has 0 aromatic heterocycles. The minimum atomic E-state index is -0.443. The van der Waals surface area contributed by atoms with Gasteiger partial charge in [-0.3, -0.25) is 0 Å². The van der Waals surface area contributed by atoms with Crippen molar-refractivity contribution < 1.29 is 19.1 Å². The van der Waals surface area contributed by atoms with Crippen LogP contribution in [0.2, 0.25) is 0 Å². The first-order valence-electron chi connectivity index (χ1n) is 9.86. The van der Waals surface area contributed by atoms with Crippen molar-refractivity contribution in [3.63, 3.8) is 0 Å². The van der Waals surface area contributed by atoms with E-state index in [9.17, 15) is 4.79 Å². The Kier molecular flexibility index (Phi) is 4.49. The predicted octanol–water partition coefficient (Wildman–Crippen LogP) is 3.98. The van der Waals surface area contributed by atoms with Crippen LogP contribution in [-0.4, -0.2) is 47.9 Å². The third kappa shape index (κ3) is 3.72. The summed E-state index contributed by atoms with van der Waals surface area (Å²) in [6, 6.07) is 6.41. The van der Waals surface area contributed by atoms with Gasteiger partial charge in [-0.2, -0.15) is 0 Å². The Hall–Kier alpha value is -1.95. The molecule has 1 aromatic rings. The fourth-order valence-electron chi connectivity index (χ4n) is 4.62. The summed E-state index contributed by atoms with van der Waals surface area (Å²) < 4.78 is 10.9. The lowest BCUT2D eigenvalue weighted by Gasteiger charge is -2.28. The first kappa shape index (κ1) is 18.4. The quantitative estimate of drug-likeness (QED) is 0.784. The molecule has 148 valence electrons. The fourth-order valence-corrected chi connectivity index (χ4v) is 4.62. The highest BCUT2D eigenvalue weighted by Crippen LogP contribution is 2.48. The van der Waals surface area contributed by atoms with Crippen molar-refractivity contribution in [3.8, 4) is 11.5 Å². The van der Waals surface area contributed by atoms with Gasteiger partial charge in [0, 0.05) is 30.8 Å². The normalized spacial score (nSPS) is 27.7. The molecule has 1 aromatic carbocycles. The van der Waals surface area contributed by atoms with Crippen molar-refractivity contribution in [1.29, 1.82) is 0 Å². The van der Waals surface area contributed by atoms with Gasteiger partial charge < -0.3 is 19.2 Å². The lowest BCUT2D eigenvalue weighted by Crippen LogP contribution is -2.37. The van der Waals surface area contributed by atoms with E-state index in [-0.39, 0.29) is 11.5 Å². The Labute approximate surface area is 161 Å². The molecular formula is C21H30N2O4. The van der Waals surface area contributed by atoms with E-state index in [2.05, 4.69) is 11.1 Å². The summed E-state index contributed by atoms with van der Waals surface area (Å²) in [4.78, 5) is 20.4. The molecular weight excluding hydrogens is 344 g/mol. The number of likely N-dealkylation sites (tertiary alicyclic amines) is 1. The molecule has 0 N–H and O–H groups in total. The second-order valence-electron chi connectivity index (χ2n) is 9.19. The molecule has 2 fully saturated rings. The number of carbonyl (C=O) groups is 1. The molecule has 1 aliphatic carbocycles. The SMILES string of the molecule is COc1ccc2c(c1)ON(C1CCC3(CCN(C(=O)OC(C)(C)C)C3)C1)C2. The lowest BCUT2D eigenvalue weighted by molar-refractivity contribution is -0.0827. The van der Waals surface area contributed by atoms with Gasteiger partial charge in [-0.15, -0.1) is 5.06 Å². The van der Waals surface area contributed by atoms with Gasteiger partial charge in [-0.25, -0.2) is 4.79 Å². The zero-order valence-corrected chi connectivity index (χ0v) is 16.8. The second kappa shape index (κ2) is 6.59. The van der Waals surface area contributed by atoms with Gasteiger partial charge in [-0.05, 0) is 57.9 Å². The van der Waals surface area contributed by atoms with Gasteiger partial charge in [0.25, 0.3) is 0 Å². The van der Waals surface area contributed by atoms with Crippen LogP contribution >= 0.6 is 0 Å². The topological polar surface area (TPSA) is 51.2 Å². The Morgan fingerprint density at radius 3 is 2.85 bits per heavy atom. The zero-order valence-electron chi connectivity index (χ0n) is 16.8. The van der Waals surface area contributed by atoms with Crippen LogP contribution in [0.4, 0.5) is 4.79 Å². The van der Waals surface area contributed by atoms with Gasteiger partial charge in [-0.1, -0.05) is 6.07 Å². The summed E-state index contributed by atoms with van der Waals surface area (Å²) in [6.45, 7) is 8.15. The highest BCUT2D eigenvalue weighted by molar-refractivity contribution is 5.68. The highest BCUT2D eigenvalue weighted by atomic mass is 16.7. The van der Waals surface area contributed by atoms with Crippen molar-refractivity contribution in [3.05, 3.63) is 23.8 Å². The Morgan fingerprint density at radius 1 is 1.30 bits per heavy atom. The number of ether oxygens (including phenoxy) is 2. The number of benzene rings is 1. The standard InChI is InChI=1S/C21H30N2O4/c1-20(2,3)26-19(24)22-10-9-21(14-22)8-7-16(12-21)23-13-15-5-6-17(25-4)11-18(15)27-23/h5-6,11,16H,7-10,12-14H2,1-4H3. The summed E-state index contributed by atoms with van der Waals surface area (Å²) in [5, 5.41) is 2.12. The van der Waals surface area contributed by atoms with Crippen LogP contribution in [0.3, 0.4) is 0 Å². The van der Waals surface area contributed by atoms with Crippen LogP contribution in [0.15, 0.2) is 18.2 Å². The van der Waals surface area contributed by atoms with Crippen LogP contribution in [0.5, 0.6) is 11.5 Å². The molecule has 0 radical (unpaired) electrons. The van der Waals surface area contributed by atoms with E-state index >= 15 is 0 Å². The molecule has 2 aliphatic heterocycles. The first-order valence-corrected chi connectivity index (χ1v) is 9.86. The summed E-state index contributed by atoms with van der Waals surface area (Å²) in [5.74, 6) is 1.72. The smallest absolute Gasteiger partial charge is 0.410 e. The van der Waals surface area contributed by atoms with Crippen LogP contribution in [0.1, 0.15) is 52.0 Å². The minimum Gasteiger partial charge on any atom is -0.497 e. The van der Waals surface area contributed by atoms with Crippen LogP contribution < -0.4 is 9.57 Å². The number of hydroxylamine groups is 2. The number of methoxy groups -OCH3 is 1. The molecule has 1 saturated carbocycles. The van der Waals surface area contributed by atoms with E-state index in [1.807, 2.05) is 37.8 Å². The molecule has 0 bridgehead atoms. The molecule has 6 heteroatoms. The number of rotatable bonds is 2. The highest BCUT2D eigenvalue weighted by Gasteiger charge is 2.48. The van der Waals surface area contributed by atoms with E-state index in [0.717, 1.165) is 56.8 Å². The monoisotopic (exact) mass is 374 g/mol. The summed E-state index contributed by atoms with van der Waals surface area (Å²) in [6.07, 6.45) is 4.18. The zero-order chi connectivity index (χ0) is 19.2.